The summed E-state index contributed by atoms with van der Waals surface area (Å²) in [5.74, 6) is 0.211. The summed E-state index contributed by atoms with van der Waals surface area (Å²) in [4.78, 5) is 22.9. The van der Waals surface area contributed by atoms with Gasteiger partial charge >= 0.3 is 0 Å². The van der Waals surface area contributed by atoms with Gasteiger partial charge in [-0.3, -0.25) is 9.59 Å². The SMILES string of the molecule is CCCn1nc(C(C)C)cc(CC(=O)Cl)c1=O. The summed E-state index contributed by atoms with van der Waals surface area (Å²) in [7, 11) is 0. The first-order valence-corrected chi connectivity index (χ1v) is 6.12. The summed E-state index contributed by atoms with van der Waals surface area (Å²) in [5.41, 5.74) is 1.02. The van der Waals surface area contributed by atoms with Crippen molar-refractivity contribution < 1.29 is 4.79 Å². The molecule has 0 bridgehead atoms. The van der Waals surface area contributed by atoms with Crippen molar-refractivity contribution in [1.82, 2.24) is 9.78 Å². The van der Waals surface area contributed by atoms with Gasteiger partial charge in [0.2, 0.25) is 5.24 Å². The monoisotopic (exact) mass is 256 g/mol. The van der Waals surface area contributed by atoms with Crippen LogP contribution in [0.25, 0.3) is 0 Å². The van der Waals surface area contributed by atoms with Gasteiger partial charge in [0.1, 0.15) is 0 Å². The van der Waals surface area contributed by atoms with E-state index in [1.54, 1.807) is 6.07 Å². The summed E-state index contributed by atoms with van der Waals surface area (Å²) in [5, 5.41) is 3.76. The predicted octanol–water partition coefficient (Wildman–Crippen LogP) is 2.08. The molecule has 0 unspecified atom stereocenters. The molecule has 0 fully saturated rings. The summed E-state index contributed by atoms with van der Waals surface area (Å²) >= 11 is 5.34. The van der Waals surface area contributed by atoms with E-state index in [0.29, 0.717) is 12.1 Å². The van der Waals surface area contributed by atoms with E-state index in [-0.39, 0.29) is 17.9 Å². The van der Waals surface area contributed by atoms with Crippen LogP contribution in [0.3, 0.4) is 0 Å². The molecule has 17 heavy (non-hydrogen) atoms. The summed E-state index contributed by atoms with van der Waals surface area (Å²) < 4.78 is 1.42. The molecule has 0 aromatic carbocycles. The second-order valence-corrected chi connectivity index (χ2v) is 4.73. The maximum absolute atomic E-state index is 12.0. The van der Waals surface area contributed by atoms with E-state index in [2.05, 4.69) is 5.10 Å². The third kappa shape index (κ3) is 3.66. The molecule has 0 saturated carbocycles. The Morgan fingerprint density at radius 1 is 1.53 bits per heavy atom. The molecule has 1 aromatic rings. The molecule has 1 aromatic heterocycles. The van der Waals surface area contributed by atoms with E-state index in [1.807, 2.05) is 20.8 Å². The van der Waals surface area contributed by atoms with Gasteiger partial charge in [0.15, 0.2) is 0 Å². The molecular formula is C12H17ClN2O2. The Kier molecular flexibility index (Phi) is 4.87. The molecule has 5 heteroatoms. The second kappa shape index (κ2) is 5.96. The number of halogens is 1. The smallest absolute Gasteiger partial charge is 0.270 e. The molecular weight excluding hydrogens is 240 g/mol. The van der Waals surface area contributed by atoms with Crippen molar-refractivity contribution in [3.05, 3.63) is 27.7 Å². The Balaban J connectivity index is 3.27. The number of rotatable bonds is 5. The molecule has 0 spiro atoms. The standard InChI is InChI=1S/C12H17ClN2O2/c1-4-5-15-12(17)9(7-11(13)16)6-10(14-15)8(2)3/h6,8H,4-5,7H2,1-3H3. The molecule has 94 valence electrons. The molecule has 0 saturated heterocycles. The molecule has 0 aliphatic rings. The highest BCUT2D eigenvalue weighted by Crippen LogP contribution is 2.11. The fraction of sp³-hybridized carbons (Fsp3) is 0.583. The van der Waals surface area contributed by atoms with Crippen molar-refractivity contribution >= 4 is 16.8 Å². The minimum Gasteiger partial charge on any atom is -0.281 e. The number of carbonyl (C=O) groups is 1. The highest BCUT2D eigenvalue weighted by Gasteiger charge is 2.12. The highest BCUT2D eigenvalue weighted by molar-refractivity contribution is 6.63. The molecule has 0 N–H and O–H groups in total. The topological polar surface area (TPSA) is 52.0 Å². The third-order valence-corrected chi connectivity index (χ3v) is 2.56. The van der Waals surface area contributed by atoms with Crippen molar-refractivity contribution in [2.45, 2.75) is 46.1 Å². The van der Waals surface area contributed by atoms with Crippen molar-refractivity contribution in [3.8, 4) is 0 Å². The Hall–Kier alpha value is -1.16. The number of aryl methyl sites for hydroxylation is 1. The van der Waals surface area contributed by atoms with E-state index in [9.17, 15) is 9.59 Å². The van der Waals surface area contributed by atoms with Gasteiger partial charge in [0, 0.05) is 12.1 Å². The molecule has 1 heterocycles. The molecule has 0 amide bonds. The zero-order valence-electron chi connectivity index (χ0n) is 10.4. The third-order valence-electron chi connectivity index (χ3n) is 2.42. The number of aromatic nitrogens is 2. The molecule has 0 radical (unpaired) electrons. The van der Waals surface area contributed by atoms with E-state index < -0.39 is 5.24 Å². The Morgan fingerprint density at radius 2 is 2.18 bits per heavy atom. The van der Waals surface area contributed by atoms with Crippen LogP contribution in [0.4, 0.5) is 0 Å². The van der Waals surface area contributed by atoms with Crippen LogP contribution in [-0.2, 0) is 17.8 Å². The fourth-order valence-electron chi connectivity index (χ4n) is 1.54. The van der Waals surface area contributed by atoms with Gasteiger partial charge in [0.25, 0.3) is 5.56 Å². The number of hydrogen-bond acceptors (Lipinski definition) is 3. The first-order valence-electron chi connectivity index (χ1n) is 5.75. The van der Waals surface area contributed by atoms with Crippen molar-refractivity contribution in [2.75, 3.05) is 0 Å². The van der Waals surface area contributed by atoms with Crippen molar-refractivity contribution in [3.63, 3.8) is 0 Å². The average Bonchev–Trinajstić information content (AvgIpc) is 2.23. The normalized spacial score (nSPS) is 10.9. The molecule has 0 aliphatic heterocycles. The average molecular weight is 257 g/mol. The molecule has 0 atom stereocenters. The van der Waals surface area contributed by atoms with Crippen LogP contribution in [0.15, 0.2) is 10.9 Å². The van der Waals surface area contributed by atoms with Gasteiger partial charge in [-0.25, -0.2) is 4.68 Å². The van der Waals surface area contributed by atoms with Crippen LogP contribution in [0.5, 0.6) is 0 Å². The maximum Gasteiger partial charge on any atom is 0.270 e. The number of nitrogens with zero attached hydrogens (tertiary/aromatic N) is 2. The minimum atomic E-state index is -0.522. The first kappa shape index (κ1) is 13.9. The fourth-order valence-corrected chi connectivity index (χ4v) is 1.69. The molecule has 0 aliphatic carbocycles. The summed E-state index contributed by atoms with van der Waals surface area (Å²) in [6.07, 6.45) is 0.787. The zero-order chi connectivity index (χ0) is 13.0. The van der Waals surface area contributed by atoms with Gasteiger partial charge in [-0.15, -0.1) is 0 Å². The lowest BCUT2D eigenvalue weighted by atomic mass is 10.1. The summed E-state index contributed by atoms with van der Waals surface area (Å²) in [6.45, 7) is 6.52. The molecule has 1 rings (SSSR count). The van der Waals surface area contributed by atoms with Crippen LogP contribution in [0, 0.1) is 0 Å². The van der Waals surface area contributed by atoms with Crippen molar-refractivity contribution in [2.24, 2.45) is 0 Å². The largest absolute Gasteiger partial charge is 0.281 e. The lowest BCUT2D eigenvalue weighted by molar-refractivity contribution is -0.111. The Bertz CT molecular complexity index is 466. The van der Waals surface area contributed by atoms with Crippen molar-refractivity contribution in [1.29, 1.82) is 0 Å². The van der Waals surface area contributed by atoms with Gasteiger partial charge in [0.05, 0.1) is 12.1 Å². The van der Waals surface area contributed by atoms with Gasteiger partial charge in [-0.1, -0.05) is 20.8 Å². The van der Waals surface area contributed by atoms with E-state index in [0.717, 1.165) is 12.1 Å². The van der Waals surface area contributed by atoms with Gasteiger partial charge in [-0.05, 0) is 30.0 Å². The number of hydrogen-bond donors (Lipinski definition) is 0. The highest BCUT2D eigenvalue weighted by atomic mass is 35.5. The van der Waals surface area contributed by atoms with Crippen LogP contribution in [0.2, 0.25) is 0 Å². The van der Waals surface area contributed by atoms with Crippen LogP contribution in [0.1, 0.15) is 44.4 Å². The lowest BCUT2D eigenvalue weighted by Crippen LogP contribution is -2.28. The predicted molar refractivity (Wildman–Crippen MR) is 67.4 cm³/mol. The van der Waals surface area contributed by atoms with Crippen LogP contribution >= 0.6 is 11.6 Å². The molecule has 4 nitrogen and oxygen atoms in total. The van der Waals surface area contributed by atoms with E-state index >= 15 is 0 Å². The first-order chi connectivity index (χ1) is 7.95. The van der Waals surface area contributed by atoms with E-state index in [1.165, 1.54) is 4.68 Å². The van der Waals surface area contributed by atoms with Crippen LogP contribution in [-0.4, -0.2) is 15.0 Å². The quantitative estimate of drug-likeness (QED) is 0.758. The van der Waals surface area contributed by atoms with Crippen LogP contribution < -0.4 is 5.56 Å². The second-order valence-electron chi connectivity index (χ2n) is 4.31. The minimum absolute atomic E-state index is 0.0354. The maximum atomic E-state index is 12.0. The van der Waals surface area contributed by atoms with E-state index in [4.69, 9.17) is 11.6 Å². The van der Waals surface area contributed by atoms with Gasteiger partial charge < -0.3 is 0 Å². The van der Waals surface area contributed by atoms with Gasteiger partial charge in [-0.2, -0.15) is 5.10 Å². The number of carbonyl (C=O) groups excluding carboxylic acids is 1. The summed E-state index contributed by atoms with van der Waals surface area (Å²) in [6, 6.07) is 1.68. The zero-order valence-corrected chi connectivity index (χ0v) is 11.1. The lowest BCUT2D eigenvalue weighted by Gasteiger charge is -2.11. The Labute approximate surface area is 106 Å². The Morgan fingerprint density at radius 3 is 2.65 bits per heavy atom.